The van der Waals surface area contributed by atoms with E-state index in [2.05, 4.69) is 31.9 Å². The van der Waals surface area contributed by atoms with Crippen molar-refractivity contribution < 1.29 is 0 Å². The molecular weight excluding hydrogens is 294 g/mol. The Balaban J connectivity index is 1.59. The number of fused-ring (bicyclic) bond motifs is 1. The van der Waals surface area contributed by atoms with Crippen LogP contribution < -0.4 is 5.56 Å². The molecular formula is C15H17N7O. The molecule has 0 saturated carbocycles. The van der Waals surface area contributed by atoms with Crippen LogP contribution in [0.5, 0.6) is 0 Å². The van der Waals surface area contributed by atoms with Gasteiger partial charge in [0.25, 0.3) is 5.56 Å². The molecule has 1 aliphatic heterocycles. The molecule has 3 aromatic rings. The molecule has 0 amide bonds. The van der Waals surface area contributed by atoms with Gasteiger partial charge in [-0.15, -0.1) is 0 Å². The normalized spacial score (nSPS) is 22.0. The van der Waals surface area contributed by atoms with Gasteiger partial charge >= 0.3 is 0 Å². The van der Waals surface area contributed by atoms with Crippen LogP contribution >= 0.6 is 0 Å². The Morgan fingerprint density at radius 2 is 2.04 bits per heavy atom. The molecule has 118 valence electrons. The predicted octanol–water partition coefficient (Wildman–Crippen LogP) is 0.374. The molecule has 0 N–H and O–H groups in total. The second-order valence-corrected chi connectivity index (χ2v) is 5.97. The Bertz CT molecular complexity index is 872. The lowest BCUT2D eigenvalue weighted by Gasteiger charge is -2.17. The first-order valence-corrected chi connectivity index (χ1v) is 7.60. The molecule has 2 atom stereocenters. The van der Waals surface area contributed by atoms with Crippen LogP contribution in [0.15, 0.2) is 42.1 Å². The number of nitrogens with zero attached hydrogens (tertiary/aromatic N) is 7. The van der Waals surface area contributed by atoms with Crippen LogP contribution in [-0.4, -0.2) is 47.1 Å². The molecule has 4 heterocycles. The van der Waals surface area contributed by atoms with Crippen molar-refractivity contribution in [1.29, 1.82) is 0 Å². The van der Waals surface area contributed by atoms with Crippen molar-refractivity contribution in [2.24, 2.45) is 5.92 Å². The summed E-state index contributed by atoms with van der Waals surface area (Å²) in [7, 11) is 0. The Kier molecular flexibility index (Phi) is 3.38. The monoisotopic (exact) mass is 311 g/mol. The molecule has 0 bridgehead atoms. The maximum absolute atomic E-state index is 12.6. The third-order valence-electron chi connectivity index (χ3n) is 4.36. The molecule has 0 aromatic carbocycles. The van der Waals surface area contributed by atoms with Gasteiger partial charge in [-0.05, 0) is 12.0 Å². The highest BCUT2D eigenvalue weighted by molar-refractivity contribution is 5.40. The van der Waals surface area contributed by atoms with Crippen molar-refractivity contribution >= 4 is 5.52 Å². The van der Waals surface area contributed by atoms with Gasteiger partial charge in [-0.3, -0.25) is 14.3 Å². The number of hydrogen-bond donors (Lipinski definition) is 0. The molecule has 2 unspecified atom stereocenters. The zero-order valence-electron chi connectivity index (χ0n) is 12.8. The molecule has 23 heavy (non-hydrogen) atoms. The lowest BCUT2D eigenvalue weighted by molar-refractivity contribution is 0.304. The van der Waals surface area contributed by atoms with Gasteiger partial charge < -0.3 is 0 Å². The van der Waals surface area contributed by atoms with E-state index in [9.17, 15) is 4.79 Å². The number of likely N-dealkylation sites (tertiary alicyclic amines) is 1. The van der Waals surface area contributed by atoms with Crippen molar-refractivity contribution in [3.63, 3.8) is 0 Å². The maximum atomic E-state index is 12.6. The summed E-state index contributed by atoms with van der Waals surface area (Å²) in [6.07, 6.45) is 8.21. The minimum Gasteiger partial charge on any atom is -0.294 e. The third kappa shape index (κ3) is 2.50. The topological polar surface area (TPSA) is 81.2 Å². The summed E-state index contributed by atoms with van der Waals surface area (Å²) >= 11 is 0. The standard InChI is InChI=1S/C15H17N7O/c1-11-6-20(8-14-17-3-2-4-18-14)7-13(11)21-10-19-22-9-16-5-12(22)15(21)23/h2-5,9-11,13H,6-8H2,1H3. The van der Waals surface area contributed by atoms with Crippen LogP contribution in [0.4, 0.5) is 0 Å². The molecule has 0 aliphatic carbocycles. The first-order valence-electron chi connectivity index (χ1n) is 7.60. The highest BCUT2D eigenvalue weighted by atomic mass is 16.1. The molecule has 0 radical (unpaired) electrons. The van der Waals surface area contributed by atoms with Crippen LogP contribution in [0.25, 0.3) is 5.52 Å². The van der Waals surface area contributed by atoms with Gasteiger partial charge in [0.2, 0.25) is 0 Å². The summed E-state index contributed by atoms with van der Waals surface area (Å²) in [5.74, 6) is 1.15. The van der Waals surface area contributed by atoms with Crippen LogP contribution in [0, 0.1) is 5.92 Å². The highest BCUT2D eigenvalue weighted by Crippen LogP contribution is 2.27. The largest absolute Gasteiger partial charge is 0.294 e. The minimum absolute atomic E-state index is 0.0489. The first-order chi connectivity index (χ1) is 11.2. The fourth-order valence-corrected chi connectivity index (χ4v) is 3.22. The van der Waals surface area contributed by atoms with Crippen LogP contribution in [0.3, 0.4) is 0 Å². The van der Waals surface area contributed by atoms with Gasteiger partial charge in [0.1, 0.15) is 24.0 Å². The van der Waals surface area contributed by atoms with Gasteiger partial charge in [0.05, 0.1) is 18.8 Å². The van der Waals surface area contributed by atoms with Gasteiger partial charge in [-0.2, -0.15) is 5.10 Å². The summed E-state index contributed by atoms with van der Waals surface area (Å²) < 4.78 is 3.24. The smallest absolute Gasteiger partial charge is 0.279 e. The van der Waals surface area contributed by atoms with E-state index in [0.717, 1.165) is 18.9 Å². The Morgan fingerprint density at radius 1 is 1.22 bits per heavy atom. The quantitative estimate of drug-likeness (QED) is 0.695. The third-order valence-corrected chi connectivity index (χ3v) is 4.36. The van der Waals surface area contributed by atoms with Gasteiger partial charge in [-0.25, -0.2) is 19.5 Å². The van der Waals surface area contributed by atoms with Crippen molar-refractivity contribution in [3.8, 4) is 0 Å². The lowest BCUT2D eigenvalue weighted by atomic mass is 10.1. The average molecular weight is 311 g/mol. The number of hydrogen-bond acceptors (Lipinski definition) is 6. The molecule has 8 heteroatoms. The van der Waals surface area contributed by atoms with E-state index in [0.29, 0.717) is 18.0 Å². The predicted molar refractivity (Wildman–Crippen MR) is 82.8 cm³/mol. The summed E-state index contributed by atoms with van der Waals surface area (Å²) in [5, 5.41) is 4.26. The fourth-order valence-electron chi connectivity index (χ4n) is 3.22. The van der Waals surface area contributed by atoms with E-state index in [1.165, 1.54) is 10.8 Å². The molecule has 1 fully saturated rings. The summed E-state index contributed by atoms with van der Waals surface area (Å²) in [4.78, 5) is 27.4. The number of imidazole rings is 1. The average Bonchev–Trinajstić information content (AvgIpc) is 3.16. The zero-order valence-corrected chi connectivity index (χ0v) is 12.8. The van der Waals surface area contributed by atoms with E-state index < -0.39 is 0 Å². The molecule has 1 aliphatic rings. The van der Waals surface area contributed by atoms with Crippen molar-refractivity contribution in [2.75, 3.05) is 13.1 Å². The molecule has 4 rings (SSSR count). The molecule has 0 spiro atoms. The Hall–Kier alpha value is -2.61. The van der Waals surface area contributed by atoms with E-state index in [1.807, 2.05) is 6.07 Å². The fraction of sp³-hybridized carbons (Fsp3) is 0.400. The van der Waals surface area contributed by atoms with E-state index >= 15 is 0 Å². The van der Waals surface area contributed by atoms with Crippen LogP contribution in [0.2, 0.25) is 0 Å². The molecule has 8 nitrogen and oxygen atoms in total. The minimum atomic E-state index is -0.0489. The van der Waals surface area contributed by atoms with Gasteiger partial charge in [-0.1, -0.05) is 6.92 Å². The second-order valence-electron chi connectivity index (χ2n) is 5.97. The maximum Gasteiger partial charge on any atom is 0.279 e. The Labute approximate surface area is 132 Å². The van der Waals surface area contributed by atoms with E-state index in [4.69, 9.17) is 0 Å². The van der Waals surface area contributed by atoms with Crippen LogP contribution in [-0.2, 0) is 6.54 Å². The van der Waals surface area contributed by atoms with Gasteiger partial charge in [0, 0.05) is 25.5 Å². The highest BCUT2D eigenvalue weighted by Gasteiger charge is 2.32. The lowest BCUT2D eigenvalue weighted by Crippen LogP contribution is -2.30. The Morgan fingerprint density at radius 3 is 2.87 bits per heavy atom. The first kappa shape index (κ1) is 14.0. The van der Waals surface area contributed by atoms with Crippen molar-refractivity contribution in [2.45, 2.75) is 19.5 Å². The van der Waals surface area contributed by atoms with Crippen molar-refractivity contribution in [1.82, 2.24) is 34.0 Å². The van der Waals surface area contributed by atoms with E-state index in [1.54, 1.807) is 29.5 Å². The number of rotatable bonds is 3. The van der Waals surface area contributed by atoms with E-state index in [-0.39, 0.29) is 11.6 Å². The van der Waals surface area contributed by atoms with Crippen LogP contribution in [0.1, 0.15) is 18.8 Å². The van der Waals surface area contributed by atoms with Crippen molar-refractivity contribution in [3.05, 3.63) is 53.5 Å². The summed E-state index contributed by atoms with van der Waals surface area (Å²) in [5.41, 5.74) is 0.455. The second kappa shape index (κ2) is 5.54. The number of aromatic nitrogens is 6. The summed E-state index contributed by atoms with van der Waals surface area (Å²) in [6.45, 7) is 4.54. The molecule has 3 aromatic heterocycles. The zero-order chi connectivity index (χ0) is 15.8. The SMILES string of the molecule is CC1CN(Cc2ncccn2)CC1n1cnn2cncc2c1=O. The van der Waals surface area contributed by atoms with Gasteiger partial charge in [0.15, 0.2) is 0 Å². The molecule has 1 saturated heterocycles. The summed E-state index contributed by atoms with van der Waals surface area (Å²) in [6, 6.07) is 1.91.